The first-order chi connectivity index (χ1) is 54.6. The molecule has 111 heavy (non-hydrogen) atoms. The van der Waals surface area contributed by atoms with Crippen molar-refractivity contribution in [1.29, 1.82) is 0 Å². The van der Waals surface area contributed by atoms with Crippen molar-refractivity contribution in [2.75, 3.05) is 19.6 Å². The molecule has 0 unspecified atom stereocenters. The van der Waals surface area contributed by atoms with E-state index in [1.807, 2.05) is 60.7 Å². The number of anilines is 12. The lowest BCUT2D eigenvalue weighted by Gasteiger charge is -2.39. The molecule has 8 heteroatoms. The molecule has 1 saturated carbocycles. The van der Waals surface area contributed by atoms with Gasteiger partial charge in [0.1, 0.15) is 0 Å². The summed E-state index contributed by atoms with van der Waals surface area (Å²) in [5, 5.41) is 2.28. The van der Waals surface area contributed by atoms with Gasteiger partial charge in [0.2, 0.25) is 0 Å². The summed E-state index contributed by atoms with van der Waals surface area (Å²) in [5.74, 6) is 1.89. The van der Waals surface area contributed by atoms with E-state index in [1.165, 1.54) is 99.6 Å². The fourth-order valence-electron chi connectivity index (χ4n) is 15.9. The van der Waals surface area contributed by atoms with Crippen LogP contribution in [0.25, 0.3) is 61.7 Å². The first-order valence-electron chi connectivity index (χ1n) is 38.6. The van der Waals surface area contributed by atoms with Crippen molar-refractivity contribution in [2.45, 2.75) is 65.2 Å². The molecule has 0 atom stereocenters. The third kappa shape index (κ3) is 14.8. The maximum absolute atomic E-state index is 5.01. The van der Waals surface area contributed by atoms with Crippen LogP contribution in [0.4, 0.5) is 68.2 Å². The minimum absolute atomic E-state index is 0.00636. The Balaban J connectivity index is 0.000000168. The molecule has 538 valence electrons. The normalized spacial score (nSPS) is 12.4. The van der Waals surface area contributed by atoms with E-state index in [1.54, 1.807) is 0 Å². The largest absolute Gasteiger partial charge is 0.311 e. The third-order valence-corrected chi connectivity index (χ3v) is 21.6. The predicted molar refractivity (Wildman–Crippen MR) is 465 cm³/mol. The van der Waals surface area contributed by atoms with Crippen LogP contribution in [0.1, 0.15) is 65.5 Å². The van der Waals surface area contributed by atoms with Gasteiger partial charge in [0.25, 0.3) is 0 Å². The predicted octanol–water partition coefficient (Wildman–Crippen LogP) is 28.0. The van der Waals surface area contributed by atoms with Gasteiger partial charge < -0.3 is 24.2 Å². The minimum Gasteiger partial charge on any atom is -0.311 e. The van der Waals surface area contributed by atoms with Crippen LogP contribution in [0.15, 0.2) is 388 Å². The average molecular weight is 1440 g/mol. The summed E-state index contributed by atoms with van der Waals surface area (Å²) in [6, 6.07) is 139. The fraction of sp³-hybridized carbons (Fsp3) is 0.0971. The first-order valence-corrected chi connectivity index (χ1v) is 38.6. The van der Waals surface area contributed by atoms with Gasteiger partial charge >= 0.3 is 0 Å². The second-order valence-electron chi connectivity index (χ2n) is 29.1. The zero-order chi connectivity index (χ0) is 75.0. The molecule has 8 nitrogen and oxygen atoms in total. The molecule has 18 rings (SSSR count). The molecule has 0 radical (unpaired) electrons. The van der Waals surface area contributed by atoms with Crippen molar-refractivity contribution in [3.8, 4) is 39.9 Å². The van der Waals surface area contributed by atoms with E-state index in [2.05, 4.69) is 379 Å². The number of para-hydroxylation sites is 4. The molecule has 0 saturated heterocycles. The number of hydrogen-bond acceptors (Lipinski definition) is 7. The second kappa shape index (κ2) is 31.6. The Morgan fingerprint density at radius 1 is 0.234 bits per heavy atom. The lowest BCUT2D eigenvalue weighted by atomic mass is 9.65. The molecular weight excluding hydrogens is 1350 g/mol. The number of rotatable bonds is 18. The summed E-state index contributed by atoms with van der Waals surface area (Å²) in [6.07, 6.45) is 6.15. The monoisotopic (exact) mass is 1430 g/mol. The maximum Gasteiger partial charge on any atom is 0.164 e. The number of hydrogen-bond donors (Lipinski definition) is 0. The van der Waals surface area contributed by atoms with Crippen molar-refractivity contribution >= 4 is 90.1 Å². The molecule has 2 aromatic heterocycles. The highest BCUT2D eigenvalue weighted by Gasteiger charge is 2.36. The van der Waals surface area contributed by atoms with Gasteiger partial charge in [0.05, 0.1) is 11.0 Å². The van der Waals surface area contributed by atoms with E-state index >= 15 is 0 Å². The van der Waals surface area contributed by atoms with Crippen molar-refractivity contribution < 1.29 is 0 Å². The van der Waals surface area contributed by atoms with Crippen molar-refractivity contribution in [1.82, 2.24) is 19.5 Å². The summed E-state index contributed by atoms with van der Waals surface area (Å²) in [7, 11) is 0. The van der Waals surface area contributed by atoms with Crippen LogP contribution in [-0.2, 0) is 5.41 Å². The van der Waals surface area contributed by atoms with Crippen LogP contribution in [0.5, 0.6) is 0 Å². The smallest absolute Gasteiger partial charge is 0.164 e. The van der Waals surface area contributed by atoms with Crippen LogP contribution >= 0.6 is 0 Å². The summed E-state index contributed by atoms with van der Waals surface area (Å²) < 4.78 is 2.37. The Morgan fingerprint density at radius 3 is 0.775 bits per heavy atom. The van der Waals surface area contributed by atoms with Crippen LogP contribution in [0.3, 0.4) is 0 Å². The van der Waals surface area contributed by atoms with Gasteiger partial charge in [-0.15, -0.1) is 0 Å². The second-order valence-corrected chi connectivity index (χ2v) is 29.1. The molecule has 17 aromatic rings. The molecule has 0 amide bonds. The molecule has 1 fully saturated rings. The van der Waals surface area contributed by atoms with Crippen molar-refractivity contribution in [3.63, 3.8) is 0 Å². The fourth-order valence-corrected chi connectivity index (χ4v) is 15.9. The number of aryl methyl sites for hydroxylation is 4. The van der Waals surface area contributed by atoms with Gasteiger partial charge in [0.15, 0.2) is 17.5 Å². The van der Waals surface area contributed by atoms with E-state index in [9.17, 15) is 0 Å². The van der Waals surface area contributed by atoms with Gasteiger partial charge in [-0.1, -0.05) is 248 Å². The lowest BCUT2D eigenvalue weighted by Crippen LogP contribution is -2.30. The lowest BCUT2D eigenvalue weighted by molar-refractivity contribution is 0.346. The SMILES string of the molecule is Cc1ccc(N(c2ccc(C)cc2)c2ccc(C3(c4ccc(N(c5ccc(C)cc5)c5ccc(C)cc5)cc4)CCCCC3)cc2)cc1.c1ccc(-c2nc(-c3ccccc3)nc(-c3ccc(-n4c5ccc(N(c6ccccc6)c6ccccc6)cc5c5cc(N(c6ccccc6)c6ccccc6)ccc54)cc3)n2)cc1. The molecular formula is C103H86N8. The minimum atomic E-state index is 0.00636. The molecule has 0 spiro atoms. The van der Waals surface area contributed by atoms with Crippen molar-refractivity contribution in [2.24, 2.45) is 0 Å². The first kappa shape index (κ1) is 70.3. The van der Waals surface area contributed by atoms with E-state index in [4.69, 9.17) is 15.0 Å². The topological polar surface area (TPSA) is 56.6 Å². The molecule has 2 heterocycles. The zero-order valence-corrected chi connectivity index (χ0v) is 63.1. The molecule has 1 aliphatic carbocycles. The summed E-state index contributed by atoms with van der Waals surface area (Å²) >= 11 is 0. The molecule has 15 aromatic carbocycles. The van der Waals surface area contributed by atoms with E-state index in [-0.39, 0.29) is 5.41 Å². The van der Waals surface area contributed by atoms with Crippen LogP contribution in [0, 0.1) is 27.7 Å². The van der Waals surface area contributed by atoms with E-state index < -0.39 is 0 Å². The van der Waals surface area contributed by atoms with Gasteiger partial charge in [-0.2, -0.15) is 0 Å². The van der Waals surface area contributed by atoms with Crippen LogP contribution < -0.4 is 19.6 Å². The molecule has 1 aliphatic rings. The zero-order valence-electron chi connectivity index (χ0n) is 63.1. The summed E-state index contributed by atoms with van der Waals surface area (Å²) in [5.41, 5.74) is 27.5. The standard InChI is InChI=1S/C57H40N6.C46H46N2/c1-7-19-41(20-8-1)55-58-56(42-21-9-2-10-22-42)60-57(59-55)43-31-33-48(34-32-43)63-53-37-35-49(61(44-23-11-3-12-24-44)45-25-13-4-14-26-45)39-51(53)52-40-50(36-38-54(52)63)62(46-27-15-5-16-28-46)47-29-17-6-18-30-47;1-34-8-20-40(21-9-34)47(41-22-10-35(2)11-23-41)44-28-16-38(17-29-44)46(32-6-5-7-33-46)39-18-30-45(31-19-39)48(42-24-12-36(3)13-25-42)43-26-14-37(4)15-27-43/h1-40H;8-31H,5-7,32-33H2,1-4H3. The highest BCUT2D eigenvalue weighted by molar-refractivity contribution is 6.12. The highest BCUT2D eigenvalue weighted by Crippen LogP contribution is 2.49. The van der Waals surface area contributed by atoms with Gasteiger partial charge in [-0.25, -0.2) is 15.0 Å². The summed E-state index contributed by atoms with van der Waals surface area (Å²) in [6.45, 7) is 8.59. The Labute approximate surface area is 651 Å². The van der Waals surface area contributed by atoms with Gasteiger partial charge in [-0.05, 0) is 234 Å². The highest BCUT2D eigenvalue weighted by atomic mass is 15.2. The van der Waals surface area contributed by atoms with Crippen molar-refractivity contribution in [3.05, 3.63) is 422 Å². The number of fused-ring (bicyclic) bond motifs is 3. The van der Waals surface area contributed by atoms with Gasteiger partial charge in [-0.3, -0.25) is 0 Å². The van der Waals surface area contributed by atoms with E-state index in [0.29, 0.717) is 17.5 Å². The Kier molecular flexibility index (Phi) is 20.0. The number of aromatic nitrogens is 4. The summed E-state index contributed by atoms with van der Waals surface area (Å²) in [4.78, 5) is 24.3. The Hall–Kier alpha value is -13.7. The maximum atomic E-state index is 5.01. The van der Waals surface area contributed by atoms with Crippen LogP contribution in [0.2, 0.25) is 0 Å². The Morgan fingerprint density at radius 2 is 0.477 bits per heavy atom. The number of nitrogens with zero attached hydrogens (tertiary/aromatic N) is 8. The molecule has 0 N–H and O–H groups in total. The number of benzene rings is 15. The third-order valence-electron chi connectivity index (χ3n) is 21.6. The van der Waals surface area contributed by atoms with Gasteiger partial charge in [0, 0.05) is 107 Å². The molecule has 0 bridgehead atoms. The molecule has 0 aliphatic heterocycles. The quantitative estimate of drug-likeness (QED) is 0.0848. The average Bonchev–Trinajstić information content (AvgIpc) is 1.60. The Bertz CT molecular complexity index is 5450. The van der Waals surface area contributed by atoms with Crippen LogP contribution in [-0.4, -0.2) is 19.5 Å². The van der Waals surface area contributed by atoms with E-state index in [0.717, 1.165) is 78.3 Å².